The van der Waals surface area contributed by atoms with Crippen LogP contribution in [0.5, 0.6) is 0 Å². The van der Waals surface area contributed by atoms with Crippen molar-refractivity contribution in [3.05, 3.63) is 28.8 Å². The van der Waals surface area contributed by atoms with E-state index in [-0.39, 0.29) is 10.7 Å². The molecule has 1 aromatic rings. The molecule has 3 nitrogen and oxygen atoms in total. The molecule has 0 bridgehead atoms. The van der Waals surface area contributed by atoms with Gasteiger partial charge in [0, 0.05) is 38.3 Å². The third kappa shape index (κ3) is 6.77. The molecule has 0 aliphatic carbocycles. The highest BCUT2D eigenvalue weighted by atomic mass is 35.5. The van der Waals surface area contributed by atoms with Gasteiger partial charge in [-0.05, 0) is 23.8 Å². The molecule has 1 amide bonds. The SMILES string of the molecule is C[S@@](=O)Cc1cc(NC(=O)CSC(C)(C)C)ccc1Cl. The van der Waals surface area contributed by atoms with Crippen molar-refractivity contribution in [2.24, 2.45) is 0 Å². The van der Waals surface area contributed by atoms with E-state index in [0.29, 0.717) is 22.2 Å². The van der Waals surface area contributed by atoms with Crippen molar-refractivity contribution in [1.29, 1.82) is 0 Å². The Bertz CT molecular complexity index is 512. The normalized spacial score (nSPS) is 13.1. The Balaban J connectivity index is 2.68. The van der Waals surface area contributed by atoms with Crippen LogP contribution >= 0.6 is 23.4 Å². The summed E-state index contributed by atoms with van der Waals surface area (Å²) in [6.07, 6.45) is 1.63. The highest BCUT2D eigenvalue weighted by molar-refractivity contribution is 8.01. The summed E-state index contributed by atoms with van der Waals surface area (Å²) < 4.78 is 11.3. The Kier molecular flexibility index (Phi) is 6.55. The van der Waals surface area contributed by atoms with Crippen LogP contribution in [0.2, 0.25) is 5.02 Å². The quantitative estimate of drug-likeness (QED) is 0.893. The molecule has 1 N–H and O–H groups in total. The van der Waals surface area contributed by atoms with Crippen LogP contribution in [0, 0.1) is 0 Å². The van der Waals surface area contributed by atoms with E-state index in [4.69, 9.17) is 11.6 Å². The fourth-order valence-corrected chi connectivity index (χ4v) is 3.04. The van der Waals surface area contributed by atoms with Crippen molar-refractivity contribution in [3.63, 3.8) is 0 Å². The molecule has 112 valence electrons. The number of amides is 1. The minimum absolute atomic E-state index is 0.0455. The number of rotatable bonds is 5. The lowest BCUT2D eigenvalue weighted by molar-refractivity contribution is -0.113. The third-order valence-electron chi connectivity index (χ3n) is 2.32. The molecule has 1 rings (SSSR count). The predicted octanol–water partition coefficient (Wildman–Crippen LogP) is 3.69. The maximum absolute atomic E-state index is 11.9. The van der Waals surface area contributed by atoms with E-state index >= 15 is 0 Å². The van der Waals surface area contributed by atoms with Crippen LogP contribution in [0.15, 0.2) is 18.2 Å². The summed E-state index contributed by atoms with van der Waals surface area (Å²) in [5, 5.41) is 3.41. The molecular weight excluding hydrogens is 314 g/mol. The number of hydrogen-bond donors (Lipinski definition) is 1. The molecule has 0 spiro atoms. The number of nitrogens with one attached hydrogen (secondary N) is 1. The van der Waals surface area contributed by atoms with E-state index in [2.05, 4.69) is 26.1 Å². The number of carbonyl (C=O) groups excluding carboxylic acids is 1. The predicted molar refractivity (Wildman–Crippen MR) is 90.1 cm³/mol. The van der Waals surface area contributed by atoms with Gasteiger partial charge in [-0.15, -0.1) is 11.8 Å². The van der Waals surface area contributed by atoms with Gasteiger partial charge in [-0.3, -0.25) is 9.00 Å². The molecule has 0 heterocycles. The Labute approximate surface area is 132 Å². The molecule has 0 saturated heterocycles. The van der Waals surface area contributed by atoms with Gasteiger partial charge in [0.15, 0.2) is 0 Å². The smallest absolute Gasteiger partial charge is 0.234 e. The number of benzene rings is 1. The third-order valence-corrected chi connectivity index (χ3v) is 4.68. The van der Waals surface area contributed by atoms with Crippen LogP contribution < -0.4 is 5.32 Å². The van der Waals surface area contributed by atoms with Gasteiger partial charge in [0.25, 0.3) is 0 Å². The van der Waals surface area contributed by atoms with E-state index in [9.17, 15) is 9.00 Å². The average molecular weight is 334 g/mol. The molecule has 0 unspecified atom stereocenters. The Morgan fingerprint density at radius 2 is 2.05 bits per heavy atom. The number of anilines is 1. The van der Waals surface area contributed by atoms with E-state index in [1.807, 2.05) is 0 Å². The molecular formula is C14H20ClNO2S2. The summed E-state index contributed by atoms with van der Waals surface area (Å²) in [6.45, 7) is 6.21. The number of carbonyl (C=O) groups is 1. The molecule has 0 radical (unpaired) electrons. The fourth-order valence-electron chi connectivity index (χ4n) is 1.46. The van der Waals surface area contributed by atoms with E-state index in [0.717, 1.165) is 5.56 Å². The first kappa shape index (κ1) is 17.5. The maximum Gasteiger partial charge on any atom is 0.234 e. The molecule has 1 aromatic carbocycles. The van der Waals surface area contributed by atoms with Gasteiger partial charge in [0.2, 0.25) is 5.91 Å². The van der Waals surface area contributed by atoms with Crippen molar-refractivity contribution >= 4 is 45.8 Å². The lowest BCUT2D eigenvalue weighted by Gasteiger charge is -2.17. The summed E-state index contributed by atoms with van der Waals surface area (Å²) in [7, 11) is -0.964. The molecule has 0 aliphatic rings. The zero-order valence-corrected chi connectivity index (χ0v) is 14.5. The van der Waals surface area contributed by atoms with Gasteiger partial charge >= 0.3 is 0 Å². The summed E-state index contributed by atoms with van der Waals surface area (Å²) in [5.74, 6) is 0.747. The summed E-state index contributed by atoms with van der Waals surface area (Å²) in [4.78, 5) is 11.9. The van der Waals surface area contributed by atoms with Crippen molar-refractivity contribution in [2.45, 2.75) is 31.3 Å². The van der Waals surface area contributed by atoms with Crippen molar-refractivity contribution < 1.29 is 9.00 Å². The first-order chi connectivity index (χ1) is 9.17. The second-order valence-electron chi connectivity index (χ2n) is 5.47. The van der Waals surface area contributed by atoms with Gasteiger partial charge in [0.1, 0.15) is 0 Å². The molecule has 0 saturated carbocycles. The number of hydrogen-bond acceptors (Lipinski definition) is 3. The first-order valence-electron chi connectivity index (χ1n) is 6.19. The number of halogens is 1. The van der Waals surface area contributed by atoms with Gasteiger partial charge < -0.3 is 5.32 Å². The largest absolute Gasteiger partial charge is 0.325 e. The molecule has 1 atom stereocenters. The van der Waals surface area contributed by atoms with Crippen molar-refractivity contribution in [2.75, 3.05) is 17.3 Å². The van der Waals surface area contributed by atoms with Crippen LogP contribution in [0.1, 0.15) is 26.3 Å². The molecule has 20 heavy (non-hydrogen) atoms. The summed E-state index contributed by atoms with van der Waals surface area (Å²) in [5.41, 5.74) is 1.48. The van der Waals surface area contributed by atoms with Crippen molar-refractivity contribution in [1.82, 2.24) is 0 Å². The fraction of sp³-hybridized carbons (Fsp3) is 0.500. The van der Waals surface area contributed by atoms with Crippen molar-refractivity contribution in [3.8, 4) is 0 Å². The zero-order valence-electron chi connectivity index (χ0n) is 12.2. The second-order valence-corrected chi connectivity index (χ2v) is 9.12. The zero-order chi connectivity index (χ0) is 15.3. The topological polar surface area (TPSA) is 46.2 Å². The highest BCUT2D eigenvalue weighted by Crippen LogP contribution is 2.24. The van der Waals surface area contributed by atoms with Crippen LogP contribution in [0.25, 0.3) is 0 Å². The first-order valence-corrected chi connectivity index (χ1v) is 9.29. The minimum Gasteiger partial charge on any atom is -0.325 e. The van der Waals surface area contributed by atoms with Gasteiger partial charge in [-0.2, -0.15) is 0 Å². The standard InChI is InChI=1S/C14H20ClNO2S2/c1-14(2,3)19-8-13(17)16-11-5-6-12(15)10(7-11)9-20(4)18/h5-7H,8-9H2,1-4H3,(H,16,17)/t20-/m1/s1. The minimum atomic E-state index is -0.964. The van der Waals surface area contributed by atoms with E-state index in [1.165, 1.54) is 0 Å². The lowest BCUT2D eigenvalue weighted by Crippen LogP contribution is -2.19. The second kappa shape index (κ2) is 7.48. The summed E-state index contributed by atoms with van der Waals surface area (Å²) in [6, 6.07) is 5.25. The monoisotopic (exact) mass is 333 g/mol. The Hall–Kier alpha value is -0.520. The molecule has 0 aliphatic heterocycles. The number of thioether (sulfide) groups is 1. The highest BCUT2D eigenvalue weighted by Gasteiger charge is 2.14. The van der Waals surface area contributed by atoms with Gasteiger partial charge in [-0.25, -0.2) is 0 Å². The van der Waals surface area contributed by atoms with Gasteiger partial charge in [0.05, 0.1) is 5.75 Å². The Morgan fingerprint density at radius 1 is 1.40 bits per heavy atom. The maximum atomic E-state index is 11.9. The van der Waals surface area contributed by atoms with E-state index < -0.39 is 10.8 Å². The lowest BCUT2D eigenvalue weighted by atomic mass is 10.2. The van der Waals surface area contributed by atoms with Crippen LogP contribution in [0.4, 0.5) is 5.69 Å². The molecule has 0 fully saturated rings. The molecule has 0 aromatic heterocycles. The van der Waals surface area contributed by atoms with E-state index in [1.54, 1.807) is 36.2 Å². The van der Waals surface area contributed by atoms with Crippen LogP contribution in [-0.4, -0.2) is 26.9 Å². The van der Waals surface area contributed by atoms with Crippen LogP contribution in [0.3, 0.4) is 0 Å². The van der Waals surface area contributed by atoms with Gasteiger partial charge in [-0.1, -0.05) is 32.4 Å². The summed E-state index contributed by atoms with van der Waals surface area (Å²) >= 11 is 7.64. The Morgan fingerprint density at radius 3 is 2.60 bits per heavy atom. The average Bonchev–Trinajstić information content (AvgIpc) is 2.29. The van der Waals surface area contributed by atoms with Crippen LogP contribution in [-0.2, 0) is 21.3 Å². The molecule has 6 heteroatoms.